The number of esters is 2. The van der Waals surface area contributed by atoms with Crippen LogP contribution < -0.4 is 10.9 Å². The highest BCUT2D eigenvalue weighted by molar-refractivity contribution is 8.00. The van der Waals surface area contributed by atoms with E-state index in [9.17, 15) is 82.6 Å². The van der Waals surface area contributed by atoms with Crippen LogP contribution in [0.2, 0.25) is 0 Å². The smallest absolute Gasteiger partial charge is 0.416 e. The molecule has 0 aliphatic rings. The van der Waals surface area contributed by atoms with Gasteiger partial charge in [-0.3, -0.25) is 28.8 Å². The average Bonchev–Trinajstić information content (AvgIpc) is 1.58. The number of thioether (sulfide) groups is 1. The molecule has 0 bridgehead atoms. The molecule has 88 heavy (non-hydrogen) atoms. The maximum Gasteiger partial charge on any atom is 0.416 e. The van der Waals surface area contributed by atoms with E-state index in [0.29, 0.717) is 60.8 Å². The second-order valence-corrected chi connectivity index (χ2v) is 21.4. The number of carboxylic acids is 1. The van der Waals surface area contributed by atoms with Crippen molar-refractivity contribution < 1.29 is 92.0 Å². The van der Waals surface area contributed by atoms with Crippen molar-refractivity contribution >= 4 is 112 Å². The molecule has 0 amide bonds. The summed E-state index contributed by atoms with van der Waals surface area (Å²) in [6.07, 6.45) is -13.2. The van der Waals surface area contributed by atoms with Gasteiger partial charge in [0, 0.05) is 49.2 Å². The molecule has 1 N–H and O–H groups in total. The van der Waals surface area contributed by atoms with Gasteiger partial charge in [0.25, 0.3) is 0 Å². The number of halogens is 10. The standard InChI is InChI=1S/C20H9F3O2S.C19H13F3O2S.C15H8F4O2.C8H14O4S.CO2/c1-8-2-4-10-12(6-8)16(24)18-14(10)15-11-5-3-9(20(21,22)23)7-13(11)17(25)19(15)26-18;1-11-2-4-12(5-3-11)15-10-25-17(18(23)24)16(15)13-6-8-14(9-7-13)19(20,21)22;16-12-7-3-10(4-8-12)14(21)13(20)9-1-5-11(6-2-9)15(17,18)19;1-3-11-7(9)5-13-6-8(10)12-4-2;2-1-3/h2-7H,1H3;2-10H,1H3,(H,23,24);1-8H;3-6H2,1-2H3;. The molecule has 456 valence electrons. The quantitative estimate of drug-likeness (QED) is 0.0526. The van der Waals surface area contributed by atoms with Gasteiger partial charge >= 0.3 is 42.6 Å². The molecule has 8 aromatic carbocycles. The number of carbonyl (C=O) groups excluding carboxylic acids is 6. The van der Waals surface area contributed by atoms with E-state index in [0.717, 1.165) is 118 Å². The molecule has 0 aliphatic carbocycles. The third kappa shape index (κ3) is 16.5. The van der Waals surface area contributed by atoms with Crippen LogP contribution in [0.15, 0.2) is 148 Å². The summed E-state index contributed by atoms with van der Waals surface area (Å²) < 4.78 is 137. The minimum absolute atomic E-state index is 0.0266. The Kier molecular flexibility index (Phi) is 22.4. The van der Waals surface area contributed by atoms with Gasteiger partial charge in [0.1, 0.15) is 10.7 Å². The molecule has 0 saturated carbocycles. The van der Waals surface area contributed by atoms with E-state index in [2.05, 4.69) is 9.47 Å². The Balaban J connectivity index is 0.000000189. The van der Waals surface area contributed by atoms with Gasteiger partial charge in [0.05, 0.1) is 50.8 Å². The zero-order chi connectivity index (χ0) is 65.0. The molecule has 10 rings (SSSR count). The normalized spacial score (nSPS) is 11.2. The second kappa shape index (κ2) is 29.0. The largest absolute Gasteiger partial charge is 0.477 e. The number of fused-ring (bicyclic) bond motifs is 7. The number of carboxylic acid groups (broad SMARTS) is 1. The van der Waals surface area contributed by atoms with Crippen molar-refractivity contribution in [3.8, 4) is 22.3 Å². The topological polar surface area (TPSA) is 192 Å². The molecule has 0 atom stereocenters. The first-order chi connectivity index (χ1) is 41.4. The number of hydrogen-bond donors (Lipinski definition) is 1. The van der Waals surface area contributed by atoms with Crippen molar-refractivity contribution in [1.82, 2.24) is 0 Å². The Morgan fingerprint density at radius 2 is 0.932 bits per heavy atom. The predicted molar refractivity (Wildman–Crippen MR) is 313 cm³/mol. The lowest BCUT2D eigenvalue weighted by molar-refractivity contribution is -0.192. The van der Waals surface area contributed by atoms with E-state index in [4.69, 9.17) is 9.59 Å². The highest BCUT2D eigenvalue weighted by Gasteiger charge is 2.34. The van der Waals surface area contributed by atoms with E-state index in [1.165, 1.54) is 30.0 Å². The minimum atomic E-state index is -4.51. The van der Waals surface area contributed by atoms with Crippen LogP contribution in [0.4, 0.5) is 43.9 Å². The first-order valence-corrected chi connectivity index (χ1v) is 28.4. The van der Waals surface area contributed by atoms with Crippen molar-refractivity contribution in [2.45, 2.75) is 46.2 Å². The number of alkyl halides is 9. The molecule has 0 aliphatic heterocycles. The number of aryl methyl sites for hydroxylation is 2. The second-order valence-electron chi connectivity index (χ2n) is 18.5. The van der Waals surface area contributed by atoms with E-state index in [-0.39, 0.29) is 56.4 Å². The molecule has 0 saturated heterocycles. The van der Waals surface area contributed by atoms with Crippen molar-refractivity contribution in [2.75, 3.05) is 24.7 Å². The molecule has 0 radical (unpaired) electrons. The van der Waals surface area contributed by atoms with Crippen LogP contribution >= 0.6 is 34.4 Å². The van der Waals surface area contributed by atoms with Crippen LogP contribution in [0.3, 0.4) is 0 Å². The lowest BCUT2D eigenvalue weighted by Crippen LogP contribution is -2.15. The molecule has 0 unspecified atom stereocenters. The molecule has 2 heterocycles. The molecule has 25 heteroatoms. The third-order valence-corrected chi connectivity index (χ3v) is 15.6. The Hall–Kier alpha value is -9.16. The van der Waals surface area contributed by atoms with Gasteiger partial charge in [0.15, 0.2) is 0 Å². The number of Topliss-reactive ketones (excluding diaryl/α,β-unsaturated/α-hetero) is 2. The van der Waals surface area contributed by atoms with Gasteiger partial charge in [-0.25, -0.2) is 9.18 Å². The first-order valence-electron chi connectivity index (χ1n) is 25.5. The van der Waals surface area contributed by atoms with Gasteiger partial charge in [-0.1, -0.05) is 77.9 Å². The molecule has 0 fully saturated rings. The lowest BCUT2D eigenvalue weighted by atomic mass is 9.95. The number of thiophene rings is 2. The Bertz CT molecular complexity index is 4290. The van der Waals surface area contributed by atoms with Gasteiger partial charge < -0.3 is 14.6 Å². The SMILES string of the molecule is CCOC(=O)CSCC(=O)OCC.Cc1ccc(-c2csc(C(=O)O)c2-c2ccc(C(F)(F)F)cc2)cc1.Cc1ccc2c(c1)c(=O)c1sc3c(=O)c4cc(C(F)(F)F)ccc4c3c12.O=C(C(=O)c1ccc(C(F)(F)F)cc1)c1ccc(F)cc1.O=C=O. The zero-order valence-electron chi connectivity index (χ0n) is 46.0. The van der Waals surface area contributed by atoms with Crippen LogP contribution in [0.5, 0.6) is 0 Å². The molecule has 10 aromatic rings. The van der Waals surface area contributed by atoms with Crippen molar-refractivity contribution in [1.29, 1.82) is 0 Å². The average molecular weight is 1280 g/mol. The number of hydrogen-bond acceptors (Lipinski definition) is 14. The summed E-state index contributed by atoms with van der Waals surface area (Å²) in [6.45, 7) is 8.07. The number of benzene rings is 6. The van der Waals surface area contributed by atoms with Gasteiger partial charge in [-0.15, -0.1) is 34.4 Å². The molecular weight excluding hydrogens is 1230 g/mol. The van der Waals surface area contributed by atoms with Crippen molar-refractivity contribution in [2.24, 2.45) is 0 Å². The first kappa shape index (κ1) is 68.0. The number of aromatic carboxylic acids is 1. The summed E-state index contributed by atoms with van der Waals surface area (Å²) in [7, 11) is 0. The van der Waals surface area contributed by atoms with E-state index in [1.54, 1.807) is 25.3 Å². The summed E-state index contributed by atoms with van der Waals surface area (Å²) in [5.41, 5.74) is 1.16. The van der Waals surface area contributed by atoms with Crippen molar-refractivity contribution in [3.05, 3.63) is 209 Å². The summed E-state index contributed by atoms with van der Waals surface area (Å²) in [5.74, 6) is -3.70. The van der Waals surface area contributed by atoms with Crippen LogP contribution in [0, 0.1) is 19.7 Å². The van der Waals surface area contributed by atoms with E-state index < -0.39 is 64.0 Å². The number of ether oxygens (including phenoxy) is 2. The fourth-order valence-corrected chi connectivity index (χ4v) is 11.3. The van der Waals surface area contributed by atoms with Gasteiger partial charge in [-0.2, -0.15) is 49.1 Å². The number of carbonyl (C=O) groups is 5. The zero-order valence-corrected chi connectivity index (χ0v) is 48.5. The monoisotopic (exact) mass is 1280 g/mol. The van der Waals surface area contributed by atoms with E-state index >= 15 is 0 Å². The molecule has 12 nitrogen and oxygen atoms in total. The minimum Gasteiger partial charge on any atom is -0.477 e. The molecule has 2 aromatic heterocycles. The Morgan fingerprint density at radius 3 is 1.38 bits per heavy atom. The number of ketones is 2. The third-order valence-electron chi connectivity index (χ3n) is 12.6. The van der Waals surface area contributed by atoms with Crippen LogP contribution in [-0.4, -0.2) is 65.5 Å². The van der Waals surface area contributed by atoms with Gasteiger partial charge in [0.2, 0.25) is 22.4 Å². The lowest BCUT2D eigenvalue weighted by Gasteiger charge is -2.10. The maximum absolute atomic E-state index is 13.0. The fourth-order valence-electron chi connectivity index (χ4n) is 8.57. The number of rotatable bonds is 12. The predicted octanol–water partition coefficient (Wildman–Crippen LogP) is 15.6. The summed E-state index contributed by atoms with van der Waals surface area (Å²) in [6, 6.07) is 28.5. The van der Waals surface area contributed by atoms with E-state index in [1.807, 2.05) is 50.2 Å². The van der Waals surface area contributed by atoms with Crippen LogP contribution in [-0.2, 0) is 47.2 Å². The van der Waals surface area contributed by atoms with Crippen LogP contribution in [0.1, 0.15) is 72.1 Å². The molecular formula is C63H44F10O12S3. The summed E-state index contributed by atoms with van der Waals surface area (Å²) in [4.78, 5) is 98.6. The van der Waals surface area contributed by atoms with Gasteiger partial charge in [-0.05, 0) is 116 Å². The molecule has 0 spiro atoms. The summed E-state index contributed by atoms with van der Waals surface area (Å²) >= 11 is 3.35. The maximum atomic E-state index is 13.0. The highest BCUT2D eigenvalue weighted by atomic mass is 32.2. The Morgan fingerprint density at radius 1 is 0.534 bits per heavy atom. The fraction of sp³-hybridized carbons (Fsp3) is 0.175. The summed E-state index contributed by atoms with van der Waals surface area (Å²) in [5, 5.41) is 14.3. The van der Waals surface area contributed by atoms with Crippen LogP contribution in [0.25, 0.3) is 64.0 Å². The van der Waals surface area contributed by atoms with Crippen molar-refractivity contribution in [3.63, 3.8) is 0 Å². The highest BCUT2D eigenvalue weighted by Crippen LogP contribution is 2.44. The Labute approximate surface area is 503 Å².